The van der Waals surface area contributed by atoms with E-state index in [0.29, 0.717) is 0 Å². The van der Waals surface area contributed by atoms with Gasteiger partial charge in [0.25, 0.3) is 0 Å². The van der Waals surface area contributed by atoms with Crippen LogP contribution in [0, 0.1) is 5.82 Å². The van der Waals surface area contributed by atoms with E-state index in [9.17, 15) is 14.3 Å². The summed E-state index contributed by atoms with van der Waals surface area (Å²) in [5.74, 6) is -0.269. The van der Waals surface area contributed by atoms with E-state index in [1.165, 1.54) is 17.0 Å². The molecule has 0 bridgehead atoms. The van der Waals surface area contributed by atoms with Crippen molar-refractivity contribution < 1.29 is 14.3 Å². The van der Waals surface area contributed by atoms with Gasteiger partial charge in [-0.15, -0.1) is 11.3 Å². The number of aliphatic hydroxyl groups is 1. The lowest BCUT2D eigenvalue weighted by Gasteiger charge is -2.22. The van der Waals surface area contributed by atoms with Crippen LogP contribution in [-0.2, 0) is 6.42 Å². The van der Waals surface area contributed by atoms with Crippen LogP contribution >= 0.6 is 11.3 Å². The number of carbonyl (C=O) groups is 1. The summed E-state index contributed by atoms with van der Waals surface area (Å²) < 4.78 is 13.1. The Bertz CT molecular complexity index is 715. The van der Waals surface area contributed by atoms with Gasteiger partial charge in [0.1, 0.15) is 10.8 Å². The summed E-state index contributed by atoms with van der Waals surface area (Å²) in [5, 5.41) is 15.6. The summed E-state index contributed by atoms with van der Waals surface area (Å²) in [6.07, 6.45) is 2.19. The van der Waals surface area contributed by atoms with E-state index < -0.39 is 6.10 Å². The van der Waals surface area contributed by atoms with Crippen LogP contribution in [0.15, 0.2) is 24.3 Å². The highest BCUT2D eigenvalue weighted by molar-refractivity contribution is 7.15. The van der Waals surface area contributed by atoms with Crippen LogP contribution in [0.3, 0.4) is 0 Å². The first-order chi connectivity index (χ1) is 11.5. The number of nitrogens with one attached hydrogen (secondary N) is 2. The number of carbonyl (C=O) groups excluding carboxylic acids is 1. The van der Waals surface area contributed by atoms with Gasteiger partial charge >= 0.3 is 6.03 Å². The first kappa shape index (κ1) is 16.9. The van der Waals surface area contributed by atoms with Gasteiger partial charge in [0.2, 0.25) is 0 Å². The summed E-state index contributed by atoms with van der Waals surface area (Å²) in [4.78, 5) is 17.8. The molecule has 2 aromatic rings. The molecule has 0 radical (unpaired) electrons. The Morgan fingerprint density at radius 3 is 2.92 bits per heavy atom. The Kier molecular flexibility index (Phi) is 5.11. The van der Waals surface area contributed by atoms with Gasteiger partial charge in [-0.05, 0) is 50.5 Å². The van der Waals surface area contributed by atoms with Crippen molar-refractivity contribution in [2.24, 2.45) is 0 Å². The van der Waals surface area contributed by atoms with E-state index in [4.69, 9.17) is 0 Å². The van der Waals surface area contributed by atoms with E-state index in [-0.39, 0.29) is 24.4 Å². The Morgan fingerprint density at radius 1 is 1.46 bits per heavy atom. The number of thiazole rings is 1. The van der Waals surface area contributed by atoms with Crippen molar-refractivity contribution in [2.75, 3.05) is 6.54 Å². The van der Waals surface area contributed by atoms with Crippen molar-refractivity contribution in [3.8, 4) is 10.6 Å². The number of aromatic nitrogens is 1. The van der Waals surface area contributed by atoms with Crippen LogP contribution in [0.2, 0.25) is 0 Å². The molecule has 0 aliphatic heterocycles. The molecule has 7 heteroatoms. The number of aliphatic hydroxyl groups excluding tert-OH is 1. The van der Waals surface area contributed by atoms with Crippen molar-refractivity contribution in [2.45, 2.75) is 38.3 Å². The predicted molar refractivity (Wildman–Crippen MR) is 91.4 cm³/mol. The van der Waals surface area contributed by atoms with Gasteiger partial charge in [-0.3, -0.25) is 0 Å². The van der Waals surface area contributed by atoms with Gasteiger partial charge in [0.05, 0.1) is 17.8 Å². The molecule has 3 rings (SSSR count). The lowest BCUT2D eigenvalue weighted by molar-refractivity contribution is 0.186. The number of urea groups is 1. The summed E-state index contributed by atoms with van der Waals surface area (Å²) in [7, 11) is 0. The molecule has 1 aliphatic carbocycles. The molecule has 24 heavy (non-hydrogen) atoms. The van der Waals surface area contributed by atoms with Crippen LogP contribution in [0.1, 0.15) is 36.4 Å². The lowest BCUT2D eigenvalue weighted by Crippen LogP contribution is -2.41. The predicted octanol–water partition coefficient (Wildman–Crippen LogP) is 3.01. The number of hydrogen-bond acceptors (Lipinski definition) is 4. The number of hydrogen-bond donors (Lipinski definition) is 3. The molecule has 128 valence electrons. The van der Waals surface area contributed by atoms with Crippen molar-refractivity contribution in [1.82, 2.24) is 15.6 Å². The molecule has 0 fully saturated rings. The maximum absolute atomic E-state index is 13.1. The van der Waals surface area contributed by atoms with E-state index >= 15 is 0 Å². The lowest BCUT2D eigenvalue weighted by atomic mass is 9.98. The van der Waals surface area contributed by atoms with Crippen molar-refractivity contribution in [3.63, 3.8) is 0 Å². The smallest absolute Gasteiger partial charge is 0.315 e. The fraction of sp³-hybridized carbons (Fsp3) is 0.412. The molecule has 1 unspecified atom stereocenters. The zero-order valence-corrected chi connectivity index (χ0v) is 14.2. The quantitative estimate of drug-likeness (QED) is 0.794. The van der Waals surface area contributed by atoms with Gasteiger partial charge in [-0.1, -0.05) is 0 Å². The van der Waals surface area contributed by atoms with Crippen LogP contribution in [-0.4, -0.2) is 28.8 Å². The van der Waals surface area contributed by atoms with E-state index in [0.717, 1.165) is 35.5 Å². The highest BCUT2D eigenvalue weighted by atomic mass is 32.1. The van der Waals surface area contributed by atoms with E-state index in [2.05, 4.69) is 15.6 Å². The minimum absolute atomic E-state index is 0.131. The summed E-state index contributed by atoms with van der Waals surface area (Å²) in [6, 6.07) is 5.86. The highest BCUT2D eigenvalue weighted by Crippen LogP contribution is 2.37. The molecule has 1 aliphatic rings. The minimum Gasteiger partial charge on any atom is -0.392 e. The molecular weight excluding hydrogens is 329 g/mol. The maximum atomic E-state index is 13.1. The summed E-state index contributed by atoms with van der Waals surface area (Å²) in [6.45, 7) is 1.83. The molecule has 0 saturated carbocycles. The van der Waals surface area contributed by atoms with Crippen molar-refractivity contribution >= 4 is 17.4 Å². The zero-order chi connectivity index (χ0) is 17.1. The molecule has 0 saturated heterocycles. The SMILES string of the molecule is C[C@@H](O)CNC(=O)NC1CCCc2sc(-c3ccc(F)cc3)nc21. The highest BCUT2D eigenvalue weighted by Gasteiger charge is 2.26. The Labute approximate surface area is 143 Å². The van der Waals surface area contributed by atoms with Crippen molar-refractivity contribution in [3.05, 3.63) is 40.7 Å². The Balaban J connectivity index is 1.75. The van der Waals surface area contributed by atoms with Crippen LogP contribution in [0.25, 0.3) is 10.6 Å². The number of fused-ring (bicyclic) bond motifs is 1. The second-order valence-corrected chi connectivity index (χ2v) is 7.07. The Hall–Kier alpha value is -1.99. The van der Waals surface area contributed by atoms with E-state index in [1.807, 2.05) is 0 Å². The maximum Gasteiger partial charge on any atom is 0.315 e. The fourth-order valence-corrected chi connectivity index (χ4v) is 3.89. The summed E-state index contributed by atoms with van der Waals surface area (Å²) in [5.41, 5.74) is 1.78. The van der Waals surface area contributed by atoms with Crippen LogP contribution < -0.4 is 10.6 Å². The number of rotatable bonds is 4. The first-order valence-electron chi connectivity index (χ1n) is 8.01. The molecule has 1 aromatic carbocycles. The van der Waals surface area contributed by atoms with Gasteiger partial charge in [0, 0.05) is 17.0 Å². The first-order valence-corrected chi connectivity index (χ1v) is 8.82. The average molecular weight is 349 g/mol. The van der Waals surface area contributed by atoms with Gasteiger partial charge in [-0.2, -0.15) is 0 Å². The number of benzene rings is 1. The third-order valence-electron chi connectivity index (χ3n) is 3.91. The number of nitrogens with zero attached hydrogens (tertiary/aromatic N) is 1. The monoisotopic (exact) mass is 349 g/mol. The molecule has 2 amide bonds. The molecular formula is C17H20FN3O2S. The largest absolute Gasteiger partial charge is 0.392 e. The second kappa shape index (κ2) is 7.27. The normalized spacial score (nSPS) is 17.9. The molecule has 5 nitrogen and oxygen atoms in total. The summed E-state index contributed by atoms with van der Waals surface area (Å²) >= 11 is 1.60. The molecule has 0 spiro atoms. The standard InChI is InChI=1S/C17H20FN3O2S/c1-10(22)9-19-17(23)20-13-3-2-4-14-15(13)21-16(24-14)11-5-7-12(18)8-6-11/h5-8,10,13,22H,2-4,9H2,1H3,(H2,19,20,23)/t10-,13?/m1/s1. The topological polar surface area (TPSA) is 74.2 Å². The Morgan fingerprint density at radius 2 is 2.21 bits per heavy atom. The third kappa shape index (κ3) is 3.91. The van der Waals surface area contributed by atoms with Gasteiger partial charge in [-0.25, -0.2) is 14.2 Å². The average Bonchev–Trinajstić information content (AvgIpc) is 2.99. The molecule has 1 heterocycles. The van der Waals surface area contributed by atoms with Crippen LogP contribution in [0.5, 0.6) is 0 Å². The zero-order valence-electron chi connectivity index (χ0n) is 13.4. The number of aryl methyl sites for hydroxylation is 1. The van der Waals surface area contributed by atoms with Gasteiger partial charge in [0.15, 0.2) is 0 Å². The third-order valence-corrected chi connectivity index (χ3v) is 5.09. The second-order valence-electron chi connectivity index (χ2n) is 5.98. The molecule has 1 aromatic heterocycles. The molecule has 3 N–H and O–H groups in total. The number of halogens is 1. The van der Waals surface area contributed by atoms with Crippen molar-refractivity contribution in [1.29, 1.82) is 0 Å². The molecule has 2 atom stereocenters. The van der Waals surface area contributed by atoms with Gasteiger partial charge < -0.3 is 15.7 Å². The fourth-order valence-electron chi connectivity index (χ4n) is 2.72. The van der Waals surface area contributed by atoms with Crippen LogP contribution in [0.4, 0.5) is 9.18 Å². The van der Waals surface area contributed by atoms with E-state index in [1.54, 1.807) is 30.4 Å². The minimum atomic E-state index is -0.581. The number of amides is 2.